The second-order valence-electron chi connectivity index (χ2n) is 8.10. The van der Waals surface area contributed by atoms with Crippen molar-refractivity contribution >= 4 is 45.7 Å². The van der Waals surface area contributed by atoms with Crippen LogP contribution in [0.4, 0.5) is 0 Å². The van der Waals surface area contributed by atoms with Gasteiger partial charge in [0.2, 0.25) is 9.84 Å². The summed E-state index contributed by atoms with van der Waals surface area (Å²) in [5, 5.41) is 25.1. The number of carboxylic acid groups (broad SMARTS) is 1. The molecule has 0 saturated carbocycles. The molecule has 0 spiro atoms. The van der Waals surface area contributed by atoms with E-state index in [1.54, 1.807) is 36.4 Å². The molecule has 0 aromatic heterocycles. The van der Waals surface area contributed by atoms with E-state index in [0.717, 1.165) is 11.1 Å². The molecule has 1 amide bonds. The van der Waals surface area contributed by atoms with Crippen LogP contribution < -0.4 is 10.6 Å². The van der Waals surface area contributed by atoms with E-state index in [1.165, 1.54) is 36.4 Å². The number of benzene rings is 3. The summed E-state index contributed by atoms with van der Waals surface area (Å²) in [4.78, 5) is 22.9. The lowest BCUT2D eigenvalue weighted by atomic mass is 10.1. The highest BCUT2D eigenvalue weighted by atomic mass is 35.5. The van der Waals surface area contributed by atoms with Gasteiger partial charge in [0.25, 0.3) is 5.91 Å². The molecule has 0 aliphatic rings. The van der Waals surface area contributed by atoms with Gasteiger partial charge in [-0.3, -0.25) is 9.59 Å². The first-order chi connectivity index (χ1) is 17.2. The van der Waals surface area contributed by atoms with Crippen molar-refractivity contribution in [3.63, 3.8) is 0 Å². The van der Waals surface area contributed by atoms with Gasteiger partial charge >= 0.3 is 5.97 Å². The lowest BCUT2D eigenvalue weighted by Crippen LogP contribution is -2.26. The van der Waals surface area contributed by atoms with Crippen molar-refractivity contribution in [2.24, 2.45) is 0 Å². The van der Waals surface area contributed by atoms with Crippen LogP contribution in [0.1, 0.15) is 34.0 Å². The summed E-state index contributed by atoms with van der Waals surface area (Å²) in [5.41, 5.74) is 1.78. The Balaban J connectivity index is 0.00000481. The number of hydrogen-bond acceptors (Lipinski definition) is 6. The van der Waals surface area contributed by atoms with Gasteiger partial charge in [0.15, 0.2) is 0 Å². The number of nitrogens with one attached hydrogen (secondary N) is 2. The number of rotatable bonds is 12. The van der Waals surface area contributed by atoms with Gasteiger partial charge in [-0.05, 0) is 66.6 Å². The van der Waals surface area contributed by atoms with Crippen molar-refractivity contribution in [2.75, 3.05) is 19.6 Å². The standard InChI is InChI=1S/C26H27ClN2O6S.ClH/c27-21-5-1-3-19(15-21)24(30)17-28-13-11-18-7-9-22(10-8-18)36(34,35)23-6-2-4-20(16-23)26(33)29-14-12-25(31)32;/h1-10,15-16,24,28,30H,11-14,17H2,(H,29,33)(H,31,32);1H/t24-;/m0./s1. The smallest absolute Gasteiger partial charge is 0.305 e. The fourth-order valence-corrected chi connectivity index (χ4v) is 4.97. The molecule has 8 nitrogen and oxygen atoms in total. The number of aliphatic carboxylic acids is 1. The van der Waals surface area contributed by atoms with Crippen LogP contribution in [0.3, 0.4) is 0 Å². The number of carbonyl (C=O) groups excluding carboxylic acids is 1. The Morgan fingerprint density at radius 1 is 0.919 bits per heavy atom. The van der Waals surface area contributed by atoms with Crippen LogP contribution in [0.2, 0.25) is 5.02 Å². The molecule has 198 valence electrons. The van der Waals surface area contributed by atoms with E-state index in [1.807, 2.05) is 0 Å². The number of aliphatic hydroxyl groups is 1. The largest absolute Gasteiger partial charge is 0.481 e. The first kappa shape index (κ1) is 30.3. The normalized spacial score (nSPS) is 11.8. The molecule has 0 radical (unpaired) electrons. The number of sulfone groups is 1. The number of carbonyl (C=O) groups is 2. The molecule has 3 aromatic rings. The molecule has 0 saturated heterocycles. The summed E-state index contributed by atoms with van der Waals surface area (Å²) < 4.78 is 26.1. The van der Waals surface area contributed by atoms with Crippen LogP contribution in [-0.4, -0.2) is 50.1 Å². The second kappa shape index (κ2) is 14.1. The van der Waals surface area contributed by atoms with Crippen LogP contribution in [0.25, 0.3) is 0 Å². The number of carboxylic acids is 1. The highest BCUT2D eigenvalue weighted by Gasteiger charge is 2.19. The Bertz CT molecular complexity index is 1320. The third kappa shape index (κ3) is 8.84. The lowest BCUT2D eigenvalue weighted by molar-refractivity contribution is -0.136. The van der Waals surface area contributed by atoms with Crippen molar-refractivity contribution in [1.82, 2.24) is 10.6 Å². The van der Waals surface area contributed by atoms with Crippen molar-refractivity contribution in [2.45, 2.75) is 28.7 Å². The summed E-state index contributed by atoms with van der Waals surface area (Å²) in [6.07, 6.45) is -0.283. The van der Waals surface area contributed by atoms with Crippen molar-refractivity contribution in [3.05, 3.63) is 94.5 Å². The molecule has 0 aliphatic carbocycles. The minimum atomic E-state index is -3.85. The van der Waals surface area contributed by atoms with Crippen molar-refractivity contribution < 1.29 is 28.2 Å². The maximum Gasteiger partial charge on any atom is 0.305 e. The first-order valence-electron chi connectivity index (χ1n) is 11.2. The monoisotopic (exact) mass is 566 g/mol. The summed E-state index contributed by atoms with van der Waals surface area (Å²) in [5.74, 6) is -1.59. The van der Waals surface area contributed by atoms with Crippen LogP contribution >= 0.6 is 24.0 Å². The fourth-order valence-electron chi connectivity index (χ4n) is 3.46. The van der Waals surface area contributed by atoms with E-state index in [4.69, 9.17) is 16.7 Å². The third-order valence-corrected chi connectivity index (χ3v) is 7.43. The van der Waals surface area contributed by atoms with E-state index < -0.39 is 27.8 Å². The molecule has 4 N–H and O–H groups in total. The Morgan fingerprint density at radius 3 is 2.30 bits per heavy atom. The van der Waals surface area contributed by atoms with Crippen LogP contribution in [-0.2, 0) is 21.1 Å². The van der Waals surface area contributed by atoms with Crippen LogP contribution in [0.5, 0.6) is 0 Å². The van der Waals surface area contributed by atoms with E-state index >= 15 is 0 Å². The number of aliphatic hydroxyl groups excluding tert-OH is 1. The zero-order chi connectivity index (χ0) is 26.1. The second-order valence-corrected chi connectivity index (χ2v) is 10.5. The predicted molar refractivity (Wildman–Crippen MR) is 143 cm³/mol. The average molecular weight is 567 g/mol. The number of amides is 1. The molecule has 1 atom stereocenters. The van der Waals surface area contributed by atoms with Crippen molar-refractivity contribution in [1.29, 1.82) is 0 Å². The minimum Gasteiger partial charge on any atom is -0.481 e. The van der Waals surface area contributed by atoms with Crippen LogP contribution in [0, 0.1) is 0 Å². The zero-order valence-corrected chi connectivity index (χ0v) is 22.2. The average Bonchev–Trinajstić information content (AvgIpc) is 2.86. The summed E-state index contributed by atoms with van der Waals surface area (Å²) in [7, 11) is -3.85. The molecular formula is C26H28Cl2N2O6S. The molecule has 0 unspecified atom stereocenters. The summed E-state index contributed by atoms with van der Waals surface area (Å²) in [6.45, 7) is 0.886. The lowest BCUT2D eigenvalue weighted by Gasteiger charge is -2.13. The summed E-state index contributed by atoms with van der Waals surface area (Å²) >= 11 is 5.95. The van der Waals surface area contributed by atoms with Crippen molar-refractivity contribution in [3.8, 4) is 0 Å². The number of hydrogen-bond donors (Lipinski definition) is 4. The summed E-state index contributed by atoms with van der Waals surface area (Å²) in [6, 6.07) is 19.2. The fraction of sp³-hybridized carbons (Fsp3) is 0.231. The SMILES string of the molecule is Cl.O=C(O)CCNC(=O)c1cccc(S(=O)(=O)c2ccc(CCNC[C@H](O)c3cccc(Cl)c3)cc2)c1. The van der Waals surface area contributed by atoms with E-state index in [9.17, 15) is 23.1 Å². The quantitative estimate of drug-likeness (QED) is 0.246. The Labute approximate surface area is 227 Å². The Kier molecular flexibility index (Phi) is 11.5. The molecule has 11 heteroatoms. The molecule has 0 heterocycles. The molecule has 0 bridgehead atoms. The van der Waals surface area contributed by atoms with Gasteiger partial charge in [-0.2, -0.15) is 0 Å². The topological polar surface area (TPSA) is 133 Å². The minimum absolute atomic E-state index is 0. The maximum atomic E-state index is 13.1. The third-order valence-electron chi connectivity index (χ3n) is 5.43. The highest BCUT2D eigenvalue weighted by molar-refractivity contribution is 7.91. The number of halogens is 2. The molecular weight excluding hydrogens is 539 g/mol. The zero-order valence-electron chi connectivity index (χ0n) is 19.8. The molecule has 3 aromatic carbocycles. The van der Waals surface area contributed by atoms with Gasteiger partial charge in [0, 0.05) is 23.7 Å². The van der Waals surface area contributed by atoms with Gasteiger partial charge in [-0.1, -0.05) is 41.9 Å². The highest BCUT2D eigenvalue weighted by Crippen LogP contribution is 2.22. The van der Waals surface area contributed by atoms with Gasteiger partial charge in [-0.15, -0.1) is 12.4 Å². The predicted octanol–water partition coefficient (Wildman–Crippen LogP) is 3.66. The van der Waals surface area contributed by atoms with E-state index in [2.05, 4.69) is 10.6 Å². The van der Waals surface area contributed by atoms with Gasteiger partial charge < -0.3 is 20.8 Å². The maximum absolute atomic E-state index is 13.1. The van der Waals surface area contributed by atoms with Gasteiger partial charge in [0.05, 0.1) is 22.3 Å². The molecule has 3 rings (SSSR count). The Morgan fingerprint density at radius 2 is 1.62 bits per heavy atom. The van der Waals surface area contributed by atoms with E-state index in [-0.39, 0.29) is 40.7 Å². The van der Waals surface area contributed by atoms with E-state index in [0.29, 0.717) is 24.5 Å². The molecule has 0 fully saturated rings. The van der Waals surface area contributed by atoms with Gasteiger partial charge in [-0.25, -0.2) is 8.42 Å². The van der Waals surface area contributed by atoms with Crippen LogP contribution in [0.15, 0.2) is 82.6 Å². The molecule has 37 heavy (non-hydrogen) atoms. The Hall–Kier alpha value is -2.95. The molecule has 0 aliphatic heterocycles. The first-order valence-corrected chi connectivity index (χ1v) is 13.1. The van der Waals surface area contributed by atoms with Gasteiger partial charge in [0.1, 0.15) is 0 Å².